The lowest BCUT2D eigenvalue weighted by atomic mass is 9.73. The van der Waals surface area contributed by atoms with Gasteiger partial charge in [0.2, 0.25) is 0 Å². The maximum Gasteiger partial charge on any atom is 0.334 e. The maximum atomic E-state index is 12.1. The van der Waals surface area contributed by atoms with Crippen LogP contribution < -0.4 is 0 Å². The van der Waals surface area contributed by atoms with Gasteiger partial charge in [0.05, 0.1) is 11.8 Å². The topological polar surface area (TPSA) is 112 Å². The molecule has 0 spiro atoms. The average Bonchev–Trinajstić information content (AvgIpc) is 2.98. The van der Waals surface area contributed by atoms with Crippen LogP contribution in [0.1, 0.15) is 20.8 Å². The molecule has 8 heteroatoms. The van der Waals surface area contributed by atoms with E-state index in [2.05, 4.69) is 11.5 Å². The molecule has 1 heterocycles. The zero-order chi connectivity index (χ0) is 18.6. The number of carbonyl (C=O) groups excluding carboxylic acids is 2. The van der Waals surface area contributed by atoms with Gasteiger partial charge in [0.25, 0.3) is 0 Å². The zero-order valence-electron chi connectivity index (χ0n) is 14.1. The minimum atomic E-state index is -1.42. The number of carbonyl (C=O) groups is 2. The zero-order valence-corrected chi connectivity index (χ0v) is 14.1. The van der Waals surface area contributed by atoms with Crippen LogP contribution in [0.5, 0.6) is 0 Å². The van der Waals surface area contributed by atoms with Crippen molar-refractivity contribution < 1.29 is 39.4 Å². The molecule has 1 aliphatic heterocycles. The van der Waals surface area contributed by atoms with Crippen LogP contribution in [0.25, 0.3) is 0 Å². The highest BCUT2D eigenvalue weighted by atomic mass is 17.1. The highest BCUT2D eigenvalue weighted by molar-refractivity contribution is 5.91. The molecule has 0 aromatic heterocycles. The Balaban J connectivity index is 2.20. The highest BCUT2D eigenvalue weighted by Crippen LogP contribution is 2.54. The Hall–Kier alpha value is -2.00. The molecule has 6 atom stereocenters. The summed E-state index contributed by atoms with van der Waals surface area (Å²) in [6.07, 6.45) is 2.91. The van der Waals surface area contributed by atoms with Crippen molar-refractivity contribution >= 4 is 11.9 Å². The molecule has 0 amide bonds. The third kappa shape index (κ3) is 2.36. The molecule has 136 valence electrons. The van der Waals surface area contributed by atoms with E-state index < -0.39 is 47.2 Å². The van der Waals surface area contributed by atoms with Gasteiger partial charge in [-0.25, -0.2) is 14.6 Å². The van der Waals surface area contributed by atoms with Crippen LogP contribution in [-0.2, 0) is 28.8 Å². The second kappa shape index (κ2) is 5.77. The van der Waals surface area contributed by atoms with E-state index in [4.69, 9.17) is 14.4 Å². The van der Waals surface area contributed by atoms with Crippen LogP contribution in [-0.4, -0.2) is 45.9 Å². The summed E-state index contributed by atoms with van der Waals surface area (Å²) in [7, 11) is 0. The van der Waals surface area contributed by atoms with Gasteiger partial charge in [-0.2, -0.15) is 0 Å². The molecule has 6 unspecified atom stereocenters. The van der Waals surface area contributed by atoms with Gasteiger partial charge in [-0.3, -0.25) is 15.3 Å². The second-order valence-corrected chi connectivity index (χ2v) is 6.82. The Labute approximate surface area is 144 Å². The third-order valence-corrected chi connectivity index (χ3v) is 5.37. The first-order valence-electron chi connectivity index (χ1n) is 7.81. The molecule has 0 radical (unpaired) electrons. The molecule has 2 N–H and O–H groups in total. The summed E-state index contributed by atoms with van der Waals surface area (Å²) in [6, 6.07) is 0. The van der Waals surface area contributed by atoms with E-state index in [-0.39, 0.29) is 5.57 Å². The normalized spacial score (nSPS) is 42.4. The lowest BCUT2D eigenvalue weighted by molar-refractivity contribution is -0.360. The predicted octanol–water partition coefficient (Wildman–Crippen LogP) is 1.64. The van der Waals surface area contributed by atoms with Gasteiger partial charge in [-0.1, -0.05) is 12.7 Å². The Morgan fingerprint density at radius 1 is 1.32 bits per heavy atom. The van der Waals surface area contributed by atoms with Crippen molar-refractivity contribution in [1.82, 2.24) is 0 Å². The van der Waals surface area contributed by atoms with Crippen LogP contribution >= 0.6 is 0 Å². The minimum Gasteiger partial charge on any atom is -0.458 e. The Kier molecular flexibility index (Phi) is 4.11. The number of hydrogen-bond acceptors (Lipinski definition) is 8. The summed E-state index contributed by atoms with van der Waals surface area (Å²) in [5, 5.41) is 19.2. The van der Waals surface area contributed by atoms with Crippen molar-refractivity contribution in [2.24, 2.45) is 11.8 Å². The minimum absolute atomic E-state index is 0.140. The SMILES string of the molecule is C=C1C(=O)OC2C1C(OC(C)=O)C=C(C)C1(OO)C=CC(C)(OO)C21. The third-order valence-electron chi connectivity index (χ3n) is 5.37. The molecule has 3 rings (SSSR count). The van der Waals surface area contributed by atoms with Crippen LogP contribution in [0.2, 0.25) is 0 Å². The second-order valence-electron chi connectivity index (χ2n) is 6.82. The molecule has 25 heavy (non-hydrogen) atoms. The summed E-state index contributed by atoms with van der Waals surface area (Å²) < 4.78 is 10.8. The average molecular weight is 352 g/mol. The highest BCUT2D eigenvalue weighted by Gasteiger charge is 2.65. The number of ether oxygens (including phenoxy) is 2. The Bertz CT molecular complexity index is 695. The first-order chi connectivity index (χ1) is 11.7. The largest absolute Gasteiger partial charge is 0.458 e. The Morgan fingerprint density at radius 3 is 2.56 bits per heavy atom. The molecule has 1 fully saturated rings. The fraction of sp³-hybridized carbons (Fsp3) is 0.529. The predicted molar refractivity (Wildman–Crippen MR) is 83.0 cm³/mol. The summed E-state index contributed by atoms with van der Waals surface area (Å²) in [6.45, 7) is 8.26. The van der Waals surface area contributed by atoms with Gasteiger partial charge >= 0.3 is 11.9 Å². The van der Waals surface area contributed by atoms with Gasteiger partial charge in [-0.15, -0.1) is 0 Å². The molecule has 1 saturated heterocycles. The van der Waals surface area contributed by atoms with E-state index >= 15 is 0 Å². The summed E-state index contributed by atoms with van der Waals surface area (Å²) in [5.41, 5.74) is -2.07. The molecule has 0 aromatic rings. The van der Waals surface area contributed by atoms with Crippen molar-refractivity contribution in [2.45, 2.75) is 44.2 Å². The number of fused-ring (bicyclic) bond motifs is 3. The van der Waals surface area contributed by atoms with Crippen LogP contribution in [0.3, 0.4) is 0 Å². The number of hydrogen-bond donors (Lipinski definition) is 2. The molecule has 0 aromatic carbocycles. The van der Waals surface area contributed by atoms with E-state index in [1.165, 1.54) is 19.1 Å². The van der Waals surface area contributed by atoms with Gasteiger partial charge < -0.3 is 9.47 Å². The first kappa shape index (κ1) is 17.8. The summed E-state index contributed by atoms with van der Waals surface area (Å²) >= 11 is 0. The lowest BCUT2D eigenvalue weighted by Crippen LogP contribution is -2.54. The smallest absolute Gasteiger partial charge is 0.334 e. The van der Waals surface area contributed by atoms with Crippen molar-refractivity contribution in [2.75, 3.05) is 0 Å². The Morgan fingerprint density at radius 2 is 2.00 bits per heavy atom. The van der Waals surface area contributed by atoms with Gasteiger partial charge in [0, 0.05) is 12.5 Å². The number of rotatable bonds is 3. The molecule has 2 aliphatic carbocycles. The first-order valence-corrected chi connectivity index (χ1v) is 7.81. The fourth-order valence-electron chi connectivity index (χ4n) is 4.16. The molecular weight excluding hydrogens is 332 g/mol. The van der Waals surface area contributed by atoms with E-state index in [0.717, 1.165) is 0 Å². The van der Waals surface area contributed by atoms with E-state index in [9.17, 15) is 20.1 Å². The van der Waals surface area contributed by atoms with E-state index in [1.807, 2.05) is 0 Å². The van der Waals surface area contributed by atoms with E-state index in [0.29, 0.717) is 5.57 Å². The molecule has 3 aliphatic rings. The van der Waals surface area contributed by atoms with Crippen molar-refractivity contribution in [1.29, 1.82) is 0 Å². The van der Waals surface area contributed by atoms with Crippen LogP contribution in [0, 0.1) is 11.8 Å². The molecule has 8 nitrogen and oxygen atoms in total. The van der Waals surface area contributed by atoms with Gasteiger partial charge in [0.15, 0.2) is 5.60 Å². The van der Waals surface area contributed by atoms with Crippen LogP contribution in [0.4, 0.5) is 0 Å². The molecular formula is C17H20O8. The van der Waals surface area contributed by atoms with Gasteiger partial charge in [-0.05, 0) is 31.6 Å². The maximum absolute atomic E-state index is 12.1. The quantitative estimate of drug-likeness (QED) is 0.259. The summed E-state index contributed by atoms with van der Waals surface area (Å²) in [4.78, 5) is 33.1. The monoisotopic (exact) mass is 352 g/mol. The lowest BCUT2D eigenvalue weighted by Gasteiger charge is -2.40. The number of esters is 2. The van der Waals surface area contributed by atoms with Crippen molar-refractivity contribution in [3.63, 3.8) is 0 Å². The van der Waals surface area contributed by atoms with Gasteiger partial charge in [0.1, 0.15) is 17.8 Å². The fourth-order valence-corrected chi connectivity index (χ4v) is 4.16. The van der Waals surface area contributed by atoms with Crippen LogP contribution in [0.15, 0.2) is 36.0 Å². The van der Waals surface area contributed by atoms with Crippen molar-refractivity contribution in [3.05, 3.63) is 36.0 Å². The molecule has 0 bridgehead atoms. The molecule has 0 saturated carbocycles. The standard InChI is InChI=1S/C17H20O8/c1-8-7-11(22-10(3)18)12-9(2)15(19)23-13(12)14-16(4,24-20)5-6-17(8,14)25-21/h5-7,11-14,20-21H,2H2,1,3-4H3. The summed E-state index contributed by atoms with van der Waals surface area (Å²) in [5.74, 6) is -2.72. The van der Waals surface area contributed by atoms with E-state index in [1.54, 1.807) is 19.9 Å². The van der Waals surface area contributed by atoms with Crippen molar-refractivity contribution in [3.8, 4) is 0 Å².